The van der Waals surface area contributed by atoms with Crippen LogP contribution in [-0.4, -0.2) is 70.7 Å². The van der Waals surface area contributed by atoms with Gasteiger partial charge in [-0.1, -0.05) is 29.3 Å². The van der Waals surface area contributed by atoms with E-state index in [0.29, 0.717) is 22.4 Å². The van der Waals surface area contributed by atoms with Crippen molar-refractivity contribution < 1.29 is 14.6 Å². The summed E-state index contributed by atoms with van der Waals surface area (Å²) in [7, 11) is 0. The van der Waals surface area contributed by atoms with E-state index in [-0.39, 0.29) is 6.10 Å². The van der Waals surface area contributed by atoms with Gasteiger partial charge in [0.25, 0.3) is 0 Å². The maximum absolute atomic E-state index is 11.9. The van der Waals surface area contributed by atoms with E-state index in [4.69, 9.17) is 27.9 Å². The maximum atomic E-state index is 11.9. The first-order chi connectivity index (χ1) is 16.0. The molecule has 2 fully saturated rings. The zero-order valence-electron chi connectivity index (χ0n) is 18.7. The zero-order chi connectivity index (χ0) is 23.2. The zero-order valence-corrected chi connectivity index (χ0v) is 20.2. The quantitative estimate of drug-likeness (QED) is 0.580. The molecule has 33 heavy (non-hydrogen) atoms. The molecule has 1 aromatic carbocycles. The molecule has 8 heteroatoms. The SMILES string of the molecule is O=C(O)C(Cc1ccccn1)N1CCC(CN2CCC(Oc3ccc(Cl)c(Cl)c3)CC2)CC1. The van der Waals surface area contributed by atoms with Gasteiger partial charge in [-0.25, -0.2) is 0 Å². The number of hydrogen-bond acceptors (Lipinski definition) is 5. The maximum Gasteiger partial charge on any atom is 0.321 e. The van der Waals surface area contributed by atoms with E-state index >= 15 is 0 Å². The van der Waals surface area contributed by atoms with Gasteiger partial charge in [0, 0.05) is 44.0 Å². The van der Waals surface area contributed by atoms with Crippen LogP contribution in [0.3, 0.4) is 0 Å². The lowest BCUT2D eigenvalue weighted by Gasteiger charge is -2.39. The Balaban J connectivity index is 1.20. The lowest BCUT2D eigenvalue weighted by atomic mass is 9.93. The number of carbonyl (C=O) groups is 1. The average Bonchev–Trinajstić information content (AvgIpc) is 2.82. The monoisotopic (exact) mass is 491 g/mol. The first-order valence-electron chi connectivity index (χ1n) is 11.7. The van der Waals surface area contributed by atoms with Crippen LogP contribution in [0.25, 0.3) is 0 Å². The van der Waals surface area contributed by atoms with Crippen molar-refractivity contribution in [1.82, 2.24) is 14.8 Å². The Labute approximate surface area is 205 Å². The fourth-order valence-electron chi connectivity index (χ4n) is 4.85. The summed E-state index contributed by atoms with van der Waals surface area (Å²) in [5, 5.41) is 10.8. The molecule has 0 amide bonds. The smallest absolute Gasteiger partial charge is 0.321 e. The summed E-state index contributed by atoms with van der Waals surface area (Å²) in [6.07, 6.45) is 6.42. The first-order valence-corrected chi connectivity index (χ1v) is 12.4. The highest BCUT2D eigenvalue weighted by Gasteiger charge is 2.31. The standard InChI is InChI=1S/C25H31Cl2N3O3/c26-22-5-4-21(16-23(22)27)33-20-8-11-29(12-9-20)17-18-6-13-30(14-7-18)24(25(31)32)15-19-3-1-2-10-28-19/h1-5,10,16,18,20,24H,6-9,11-15,17H2,(H,31,32). The molecule has 0 aliphatic carbocycles. The number of benzene rings is 1. The van der Waals surface area contributed by atoms with Crippen LogP contribution in [0.2, 0.25) is 10.0 Å². The topological polar surface area (TPSA) is 65.9 Å². The average molecular weight is 492 g/mol. The van der Waals surface area contributed by atoms with Gasteiger partial charge in [-0.2, -0.15) is 0 Å². The Hall–Kier alpha value is -1.86. The van der Waals surface area contributed by atoms with E-state index in [9.17, 15) is 9.90 Å². The Kier molecular flexibility index (Phi) is 8.47. The van der Waals surface area contributed by atoms with Crippen molar-refractivity contribution in [1.29, 1.82) is 0 Å². The molecule has 0 radical (unpaired) electrons. The predicted octanol–water partition coefficient (Wildman–Crippen LogP) is 4.64. The van der Waals surface area contributed by atoms with E-state index in [1.54, 1.807) is 18.3 Å². The molecule has 1 N–H and O–H groups in total. The molecule has 2 aliphatic heterocycles. The number of ether oxygens (including phenoxy) is 1. The van der Waals surface area contributed by atoms with Gasteiger partial charge in [0.05, 0.1) is 10.0 Å². The number of carboxylic acid groups (broad SMARTS) is 1. The number of likely N-dealkylation sites (tertiary alicyclic amines) is 2. The van der Waals surface area contributed by atoms with Gasteiger partial charge in [0.2, 0.25) is 0 Å². The molecule has 2 saturated heterocycles. The van der Waals surface area contributed by atoms with Crippen LogP contribution < -0.4 is 4.74 Å². The van der Waals surface area contributed by atoms with Crippen molar-refractivity contribution in [3.8, 4) is 5.75 Å². The second kappa shape index (κ2) is 11.5. The summed E-state index contributed by atoms with van der Waals surface area (Å²) in [5.41, 5.74) is 0.831. The third kappa shape index (κ3) is 6.82. The van der Waals surface area contributed by atoms with E-state index in [2.05, 4.69) is 14.8 Å². The molecule has 0 saturated carbocycles. The number of nitrogens with zero attached hydrogens (tertiary/aromatic N) is 3. The summed E-state index contributed by atoms with van der Waals surface area (Å²) < 4.78 is 6.10. The van der Waals surface area contributed by atoms with Crippen molar-refractivity contribution in [2.45, 2.75) is 44.2 Å². The van der Waals surface area contributed by atoms with E-state index in [1.165, 1.54) is 0 Å². The van der Waals surface area contributed by atoms with Crippen molar-refractivity contribution in [3.05, 3.63) is 58.3 Å². The summed E-state index contributed by atoms with van der Waals surface area (Å²) in [6.45, 7) is 4.76. The summed E-state index contributed by atoms with van der Waals surface area (Å²) in [6, 6.07) is 10.6. The predicted molar refractivity (Wildman–Crippen MR) is 130 cm³/mol. The third-order valence-corrected chi connectivity index (χ3v) is 7.49. The summed E-state index contributed by atoms with van der Waals surface area (Å²) in [4.78, 5) is 20.8. The van der Waals surface area contributed by atoms with Crippen LogP contribution in [0.1, 0.15) is 31.4 Å². The number of piperidine rings is 2. The van der Waals surface area contributed by atoms with E-state index < -0.39 is 12.0 Å². The van der Waals surface area contributed by atoms with Crippen molar-refractivity contribution in [2.24, 2.45) is 5.92 Å². The number of hydrogen-bond donors (Lipinski definition) is 1. The Bertz CT molecular complexity index is 914. The van der Waals surface area contributed by atoms with E-state index in [0.717, 1.165) is 69.9 Å². The Morgan fingerprint density at radius 2 is 1.82 bits per heavy atom. The number of rotatable bonds is 8. The Morgan fingerprint density at radius 3 is 2.45 bits per heavy atom. The minimum Gasteiger partial charge on any atom is -0.490 e. The second-order valence-electron chi connectivity index (χ2n) is 9.05. The number of aliphatic carboxylic acids is 1. The fraction of sp³-hybridized carbons (Fsp3) is 0.520. The lowest BCUT2D eigenvalue weighted by Crippen LogP contribution is -2.49. The van der Waals surface area contributed by atoms with Gasteiger partial charge in [0.15, 0.2) is 0 Å². The molecule has 1 unspecified atom stereocenters. The highest BCUT2D eigenvalue weighted by Crippen LogP contribution is 2.29. The Morgan fingerprint density at radius 1 is 1.06 bits per heavy atom. The normalized spacial score (nSPS) is 19.9. The van der Waals surface area contributed by atoms with Crippen molar-refractivity contribution >= 4 is 29.2 Å². The van der Waals surface area contributed by atoms with Crippen molar-refractivity contribution in [2.75, 3.05) is 32.7 Å². The van der Waals surface area contributed by atoms with Gasteiger partial charge in [-0.15, -0.1) is 0 Å². The molecule has 0 bridgehead atoms. The lowest BCUT2D eigenvalue weighted by molar-refractivity contribution is -0.144. The highest BCUT2D eigenvalue weighted by molar-refractivity contribution is 6.42. The minimum absolute atomic E-state index is 0.197. The van der Waals surface area contributed by atoms with Crippen LogP contribution in [0, 0.1) is 5.92 Å². The van der Waals surface area contributed by atoms with Gasteiger partial charge >= 0.3 is 5.97 Å². The number of aromatic nitrogens is 1. The van der Waals surface area contributed by atoms with E-state index in [1.807, 2.05) is 24.3 Å². The molecule has 1 aromatic heterocycles. The van der Waals surface area contributed by atoms with Crippen LogP contribution in [-0.2, 0) is 11.2 Å². The molecule has 0 spiro atoms. The molecule has 3 heterocycles. The van der Waals surface area contributed by atoms with Gasteiger partial charge in [0.1, 0.15) is 17.9 Å². The summed E-state index contributed by atoms with van der Waals surface area (Å²) in [5.74, 6) is 0.621. The minimum atomic E-state index is -0.761. The molecular formula is C25H31Cl2N3O3. The molecule has 178 valence electrons. The molecule has 6 nitrogen and oxygen atoms in total. The van der Waals surface area contributed by atoms with Gasteiger partial charge < -0.3 is 14.7 Å². The molecular weight excluding hydrogens is 461 g/mol. The van der Waals surface area contributed by atoms with Crippen molar-refractivity contribution in [3.63, 3.8) is 0 Å². The summed E-state index contributed by atoms with van der Waals surface area (Å²) >= 11 is 12.1. The molecule has 1 atom stereocenters. The van der Waals surface area contributed by atoms with Gasteiger partial charge in [-0.05, 0) is 69.0 Å². The molecule has 4 rings (SSSR count). The largest absolute Gasteiger partial charge is 0.490 e. The van der Waals surface area contributed by atoms with Crippen LogP contribution >= 0.6 is 23.2 Å². The fourth-order valence-corrected chi connectivity index (χ4v) is 5.14. The first kappa shape index (κ1) is 24.3. The highest BCUT2D eigenvalue weighted by atomic mass is 35.5. The third-order valence-electron chi connectivity index (χ3n) is 6.75. The molecule has 2 aromatic rings. The number of halogens is 2. The number of pyridine rings is 1. The van der Waals surface area contributed by atoms with Crippen LogP contribution in [0.5, 0.6) is 5.75 Å². The molecule has 2 aliphatic rings. The number of carboxylic acids is 1. The second-order valence-corrected chi connectivity index (χ2v) is 9.87. The van der Waals surface area contributed by atoms with Gasteiger partial charge in [-0.3, -0.25) is 14.7 Å². The van der Waals surface area contributed by atoms with Crippen LogP contribution in [0.4, 0.5) is 0 Å². The van der Waals surface area contributed by atoms with Crippen LogP contribution in [0.15, 0.2) is 42.6 Å².